The maximum Gasteiger partial charge on any atom is 0.203 e. The first-order valence-electron chi connectivity index (χ1n) is 7.80. The smallest absolute Gasteiger partial charge is 0.203 e. The molecule has 0 saturated carbocycles. The van der Waals surface area contributed by atoms with Crippen molar-refractivity contribution in [3.05, 3.63) is 53.3 Å². The number of aromatic amines is 1. The quantitative estimate of drug-likeness (QED) is 0.803. The van der Waals surface area contributed by atoms with Gasteiger partial charge in [-0.1, -0.05) is 23.7 Å². The van der Waals surface area contributed by atoms with Crippen LogP contribution < -0.4 is 4.90 Å². The Morgan fingerprint density at radius 2 is 1.87 bits per heavy atom. The fourth-order valence-corrected chi connectivity index (χ4v) is 3.05. The Hall–Kier alpha value is -2.11. The number of fused-ring (bicyclic) bond motifs is 1. The van der Waals surface area contributed by atoms with Crippen molar-refractivity contribution < 1.29 is 0 Å². The van der Waals surface area contributed by atoms with Gasteiger partial charge in [0, 0.05) is 38.9 Å². The lowest BCUT2D eigenvalue weighted by Crippen LogP contribution is -2.46. The lowest BCUT2D eigenvalue weighted by atomic mass is 10.3. The van der Waals surface area contributed by atoms with E-state index in [1.54, 1.807) is 6.20 Å². The summed E-state index contributed by atoms with van der Waals surface area (Å²) >= 11 is 5.88. The maximum atomic E-state index is 5.88. The summed E-state index contributed by atoms with van der Waals surface area (Å²) in [6.45, 7) is 4.80. The minimum atomic E-state index is 0.684. The van der Waals surface area contributed by atoms with Crippen LogP contribution in [0.4, 0.5) is 5.95 Å². The maximum absolute atomic E-state index is 5.88. The molecule has 3 heterocycles. The van der Waals surface area contributed by atoms with Crippen molar-refractivity contribution in [2.24, 2.45) is 0 Å². The van der Waals surface area contributed by atoms with E-state index < -0.39 is 0 Å². The first kappa shape index (κ1) is 14.5. The molecule has 23 heavy (non-hydrogen) atoms. The van der Waals surface area contributed by atoms with Gasteiger partial charge in [0.05, 0.1) is 21.7 Å². The third-order valence-electron chi connectivity index (χ3n) is 4.22. The van der Waals surface area contributed by atoms with Crippen LogP contribution in [0.15, 0.2) is 42.6 Å². The van der Waals surface area contributed by atoms with Gasteiger partial charge in [0.1, 0.15) is 0 Å². The van der Waals surface area contributed by atoms with E-state index in [0.29, 0.717) is 5.02 Å². The van der Waals surface area contributed by atoms with Crippen LogP contribution >= 0.6 is 11.6 Å². The average Bonchev–Trinajstić information content (AvgIpc) is 3.02. The zero-order valence-electron chi connectivity index (χ0n) is 12.7. The molecule has 1 aliphatic rings. The highest BCUT2D eigenvalue weighted by atomic mass is 35.5. The molecule has 0 atom stereocenters. The van der Waals surface area contributed by atoms with Crippen LogP contribution in [0.3, 0.4) is 0 Å². The molecule has 118 valence electrons. The summed E-state index contributed by atoms with van der Waals surface area (Å²) < 4.78 is 0. The molecule has 1 aromatic carbocycles. The zero-order chi connectivity index (χ0) is 15.6. The van der Waals surface area contributed by atoms with Crippen LogP contribution in [-0.2, 0) is 6.54 Å². The second-order valence-electron chi connectivity index (χ2n) is 5.81. The molecule has 1 N–H and O–H groups in total. The molecule has 0 spiro atoms. The molecule has 5 nitrogen and oxygen atoms in total. The Morgan fingerprint density at radius 1 is 1.04 bits per heavy atom. The van der Waals surface area contributed by atoms with Crippen molar-refractivity contribution in [3.8, 4) is 0 Å². The van der Waals surface area contributed by atoms with Crippen LogP contribution in [0, 0.1) is 0 Å². The number of rotatable bonds is 3. The monoisotopic (exact) mass is 327 g/mol. The second kappa shape index (κ2) is 6.18. The van der Waals surface area contributed by atoms with Gasteiger partial charge >= 0.3 is 0 Å². The van der Waals surface area contributed by atoms with Crippen molar-refractivity contribution >= 4 is 28.6 Å². The predicted molar refractivity (Wildman–Crippen MR) is 92.8 cm³/mol. The van der Waals surface area contributed by atoms with E-state index in [0.717, 1.165) is 55.4 Å². The highest BCUT2D eigenvalue weighted by molar-refractivity contribution is 6.30. The molecule has 2 aromatic heterocycles. The molecule has 0 bridgehead atoms. The lowest BCUT2D eigenvalue weighted by Gasteiger charge is -2.34. The number of nitrogens with zero attached hydrogens (tertiary/aromatic N) is 4. The molecule has 0 radical (unpaired) electrons. The number of H-pyrrole nitrogens is 1. The summed E-state index contributed by atoms with van der Waals surface area (Å²) in [4.78, 5) is 17.2. The van der Waals surface area contributed by atoms with Gasteiger partial charge in [-0.3, -0.25) is 9.88 Å². The number of para-hydroxylation sites is 2. The van der Waals surface area contributed by atoms with E-state index in [1.165, 1.54) is 0 Å². The minimum Gasteiger partial charge on any atom is -0.340 e. The summed E-state index contributed by atoms with van der Waals surface area (Å²) in [6, 6.07) is 12.0. The number of nitrogens with one attached hydrogen (secondary N) is 1. The van der Waals surface area contributed by atoms with Gasteiger partial charge in [-0.15, -0.1) is 0 Å². The van der Waals surface area contributed by atoms with Crippen LogP contribution in [0.2, 0.25) is 5.02 Å². The normalized spacial score (nSPS) is 16.1. The molecule has 1 saturated heterocycles. The first-order valence-corrected chi connectivity index (χ1v) is 8.18. The van der Waals surface area contributed by atoms with E-state index in [2.05, 4.69) is 30.8 Å². The number of piperazine rings is 1. The Bertz CT molecular complexity index is 757. The van der Waals surface area contributed by atoms with Crippen molar-refractivity contribution in [3.63, 3.8) is 0 Å². The molecule has 3 aromatic rings. The first-order chi connectivity index (χ1) is 11.3. The summed E-state index contributed by atoms with van der Waals surface area (Å²) in [6.07, 6.45) is 1.71. The Labute approximate surface area is 139 Å². The fourth-order valence-electron chi connectivity index (χ4n) is 2.94. The van der Waals surface area contributed by atoms with Crippen molar-refractivity contribution in [2.75, 3.05) is 31.1 Å². The summed E-state index contributed by atoms with van der Waals surface area (Å²) in [5.74, 6) is 0.968. The van der Waals surface area contributed by atoms with Gasteiger partial charge in [-0.25, -0.2) is 4.98 Å². The molecule has 6 heteroatoms. The second-order valence-corrected chi connectivity index (χ2v) is 6.24. The van der Waals surface area contributed by atoms with Crippen molar-refractivity contribution in [2.45, 2.75) is 6.54 Å². The molecule has 0 unspecified atom stereocenters. The van der Waals surface area contributed by atoms with Gasteiger partial charge in [-0.2, -0.15) is 0 Å². The molecule has 4 rings (SSSR count). The molecule has 1 fully saturated rings. The Morgan fingerprint density at radius 3 is 2.61 bits per heavy atom. The van der Waals surface area contributed by atoms with Gasteiger partial charge in [0.25, 0.3) is 0 Å². The number of halogens is 1. The van der Waals surface area contributed by atoms with Gasteiger partial charge in [0.2, 0.25) is 5.95 Å². The molecular weight excluding hydrogens is 310 g/mol. The average molecular weight is 328 g/mol. The number of hydrogen-bond donors (Lipinski definition) is 1. The molecule has 1 aliphatic heterocycles. The van der Waals surface area contributed by atoms with E-state index in [-0.39, 0.29) is 0 Å². The third kappa shape index (κ3) is 3.16. The topological polar surface area (TPSA) is 48.0 Å². The number of aromatic nitrogens is 3. The SMILES string of the molecule is Clc1ccc(CN2CCN(c3nc4ccccc4[nH]3)CC2)nc1. The van der Waals surface area contributed by atoms with E-state index in [4.69, 9.17) is 11.6 Å². The van der Waals surface area contributed by atoms with Crippen LogP contribution in [-0.4, -0.2) is 46.0 Å². The van der Waals surface area contributed by atoms with E-state index in [1.807, 2.05) is 30.3 Å². The Balaban J connectivity index is 1.39. The predicted octanol–water partition coefficient (Wildman–Crippen LogP) is 2.93. The number of hydrogen-bond acceptors (Lipinski definition) is 4. The molecule has 0 amide bonds. The summed E-state index contributed by atoms with van der Waals surface area (Å²) in [5.41, 5.74) is 3.18. The zero-order valence-corrected chi connectivity index (χ0v) is 13.5. The van der Waals surface area contributed by atoms with Crippen molar-refractivity contribution in [1.29, 1.82) is 0 Å². The van der Waals surface area contributed by atoms with E-state index >= 15 is 0 Å². The standard InChI is InChI=1S/C17H18ClN5/c18-13-5-6-14(19-11-13)12-22-7-9-23(10-8-22)17-20-15-3-1-2-4-16(15)21-17/h1-6,11H,7-10,12H2,(H,20,21). The van der Waals surface area contributed by atoms with E-state index in [9.17, 15) is 0 Å². The largest absolute Gasteiger partial charge is 0.340 e. The van der Waals surface area contributed by atoms with Gasteiger partial charge in [0.15, 0.2) is 0 Å². The number of pyridine rings is 1. The number of anilines is 1. The summed E-state index contributed by atoms with van der Waals surface area (Å²) in [5, 5.41) is 0.684. The minimum absolute atomic E-state index is 0.684. The van der Waals surface area contributed by atoms with Crippen LogP contribution in [0.1, 0.15) is 5.69 Å². The number of imidazole rings is 1. The highest BCUT2D eigenvalue weighted by Crippen LogP contribution is 2.19. The van der Waals surface area contributed by atoms with Crippen LogP contribution in [0.25, 0.3) is 11.0 Å². The van der Waals surface area contributed by atoms with Crippen LogP contribution in [0.5, 0.6) is 0 Å². The lowest BCUT2D eigenvalue weighted by molar-refractivity contribution is 0.246. The molecule has 0 aliphatic carbocycles. The van der Waals surface area contributed by atoms with Gasteiger partial charge < -0.3 is 9.88 Å². The molecular formula is C17H18ClN5. The summed E-state index contributed by atoms with van der Waals surface area (Å²) in [7, 11) is 0. The highest BCUT2D eigenvalue weighted by Gasteiger charge is 2.19. The Kier molecular flexibility index (Phi) is 3.89. The van der Waals surface area contributed by atoms with Crippen molar-refractivity contribution in [1.82, 2.24) is 19.9 Å². The number of benzene rings is 1. The fraction of sp³-hybridized carbons (Fsp3) is 0.294. The van der Waals surface area contributed by atoms with Gasteiger partial charge in [-0.05, 0) is 24.3 Å². The third-order valence-corrected chi connectivity index (χ3v) is 4.45.